The molecule has 1 aromatic rings. The van der Waals surface area contributed by atoms with Crippen LogP contribution in [0.15, 0.2) is 24.3 Å². The van der Waals surface area contributed by atoms with Gasteiger partial charge in [0.05, 0.1) is 0 Å². The lowest BCUT2D eigenvalue weighted by Gasteiger charge is -2.37. The minimum absolute atomic E-state index is 0.552. The van der Waals surface area contributed by atoms with E-state index in [1.165, 1.54) is 36.9 Å². The van der Waals surface area contributed by atoms with Crippen LogP contribution in [0.2, 0.25) is 0 Å². The van der Waals surface area contributed by atoms with E-state index in [4.69, 9.17) is 0 Å². The highest BCUT2D eigenvalue weighted by Gasteiger charge is 2.24. The third-order valence-electron chi connectivity index (χ3n) is 4.50. The first kappa shape index (κ1) is 14.5. The molecule has 19 heavy (non-hydrogen) atoms. The van der Waals surface area contributed by atoms with Crippen LogP contribution in [0.1, 0.15) is 50.3 Å². The predicted molar refractivity (Wildman–Crippen MR) is 82.5 cm³/mol. The van der Waals surface area contributed by atoms with E-state index in [0.717, 1.165) is 13.0 Å². The first-order chi connectivity index (χ1) is 9.26. The molecule has 0 aliphatic carbocycles. The van der Waals surface area contributed by atoms with E-state index in [2.05, 4.69) is 55.4 Å². The standard InChI is InChI=1S/C17H28N2/c1-4-14-8-10-15(11-9-14)17(5-2)19(3)16-7-6-12-18-13-16/h8-11,16-18H,4-7,12-13H2,1-3H3. The summed E-state index contributed by atoms with van der Waals surface area (Å²) < 4.78 is 0. The second-order valence-electron chi connectivity index (χ2n) is 5.68. The SMILES string of the molecule is CCc1ccc(C(CC)N(C)C2CCCNC2)cc1. The number of piperidine rings is 1. The Morgan fingerprint density at radius 2 is 2.00 bits per heavy atom. The normalized spacial score (nSPS) is 21.6. The monoisotopic (exact) mass is 260 g/mol. The lowest BCUT2D eigenvalue weighted by atomic mass is 9.97. The summed E-state index contributed by atoms with van der Waals surface area (Å²) >= 11 is 0. The summed E-state index contributed by atoms with van der Waals surface area (Å²) in [6.07, 6.45) is 4.94. The third kappa shape index (κ3) is 3.58. The maximum Gasteiger partial charge on any atom is 0.0345 e. The van der Waals surface area contributed by atoms with E-state index in [-0.39, 0.29) is 0 Å². The average Bonchev–Trinajstić information content (AvgIpc) is 2.49. The summed E-state index contributed by atoms with van der Waals surface area (Å²) in [7, 11) is 2.29. The maximum atomic E-state index is 3.52. The molecule has 1 fully saturated rings. The van der Waals surface area contributed by atoms with Gasteiger partial charge in [-0.15, -0.1) is 0 Å². The van der Waals surface area contributed by atoms with Crippen molar-refractivity contribution in [3.8, 4) is 0 Å². The number of hydrogen-bond acceptors (Lipinski definition) is 2. The number of nitrogens with zero attached hydrogens (tertiary/aromatic N) is 1. The number of likely N-dealkylation sites (N-methyl/N-ethyl adjacent to an activating group) is 1. The molecular formula is C17H28N2. The summed E-state index contributed by atoms with van der Waals surface area (Å²) in [4.78, 5) is 2.58. The molecule has 106 valence electrons. The molecule has 1 aliphatic heterocycles. The average molecular weight is 260 g/mol. The highest BCUT2D eigenvalue weighted by atomic mass is 15.2. The Kier molecular flexibility index (Phi) is 5.41. The van der Waals surface area contributed by atoms with Crippen molar-refractivity contribution in [2.24, 2.45) is 0 Å². The van der Waals surface area contributed by atoms with Gasteiger partial charge in [-0.05, 0) is 50.4 Å². The van der Waals surface area contributed by atoms with Crippen LogP contribution in [0.25, 0.3) is 0 Å². The van der Waals surface area contributed by atoms with Gasteiger partial charge in [-0.2, -0.15) is 0 Å². The molecule has 2 unspecified atom stereocenters. The molecule has 2 nitrogen and oxygen atoms in total. The van der Waals surface area contributed by atoms with Crippen LogP contribution >= 0.6 is 0 Å². The van der Waals surface area contributed by atoms with Gasteiger partial charge in [0, 0.05) is 18.6 Å². The lowest BCUT2D eigenvalue weighted by Crippen LogP contribution is -2.45. The van der Waals surface area contributed by atoms with Crippen molar-refractivity contribution in [2.75, 3.05) is 20.1 Å². The molecule has 2 rings (SSSR count). The molecule has 2 heteroatoms. The smallest absolute Gasteiger partial charge is 0.0345 e. The van der Waals surface area contributed by atoms with E-state index >= 15 is 0 Å². The zero-order valence-corrected chi connectivity index (χ0v) is 12.7. The van der Waals surface area contributed by atoms with Crippen LogP contribution in [0, 0.1) is 0 Å². The number of nitrogens with one attached hydrogen (secondary N) is 1. The van der Waals surface area contributed by atoms with Crippen LogP contribution < -0.4 is 5.32 Å². The van der Waals surface area contributed by atoms with Gasteiger partial charge in [-0.3, -0.25) is 4.90 Å². The van der Waals surface area contributed by atoms with Crippen LogP contribution in [0.5, 0.6) is 0 Å². The second-order valence-corrected chi connectivity index (χ2v) is 5.68. The van der Waals surface area contributed by atoms with Gasteiger partial charge in [0.2, 0.25) is 0 Å². The minimum Gasteiger partial charge on any atom is -0.315 e. The molecule has 1 aromatic carbocycles. The lowest BCUT2D eigenvalue weighted by molar-refractivity contribution is 0.143. The summed E-state index contributed by atoms with van der Waals surface area (Å²) in [5, 5.41) is 3.52. The number of hydrogen-bond donors (Lipinski definition) is 1. The maximum absolute atomic E-state index is 3.52. The van der Waals surface area contributed by atoms with Crippen molar-refractivity contribution in [3.63, 3.8) is 0 Å². The van der Waals surface area contributed by atoms with Gasteiger partial charge in [-0.25, -0.2) is 0 Å². The fraction of sp³-hybridized carbons (Fsp3) is 0.647. The van der Waals surface area contributed by atoms with Crippen molar-refractivity contribution in [1.29, 1.82) is 0 Å². The van der Waals surface area contributed by atoms with Gasteiger partial charge in [-0.1, -0.05) is 38.1 Å². The number of aryl methyl sites for hydroxylation is 1. The molecule has 1 aliphatic rings. The van der Waals surface area contributed by atoms with E-state index in [1.54, 1.807) is 0 Å². The van der Waals surface area contributed by atoms with Gasteiger partial charge < -0.3 is 5.32 Å². The third-order valence-corrected chi connectivity index (χ3v) is 4.50. The second kappa shape index (κ2) is 7.06. The fourth-order valence-corrected chi connectivity index (χ4v) is 3.17. The molecule has 0 aromatic heterocycles. The quantitative estimate of drug-likeness (QED) is 0.873. The molecule has 1 N–H and O–H groups in total. The minimum atomic E-state index is 0.552. The van der Waals surface area contributed by atoms with E-state index in [9.17, 15) is 0 Å². The van der Waals surface area contributed by atoms with Crippen molar-refractivity contribution in [3.05, 3.63) is 35.4 Å². The van der Waals surface area contributed by atoms with Crippen LogP contribution in [-0.4, -0.2) is 31.1 Å². The molecule has 1 saturated heterocycles. The topological polar surface area (TPSA) is 15.3 Å². The molecule has 0 radical (unpaired) electrons. The summed E-state index contributed by atoms with van der Waals surface area (Å²) in [5.41, 5.74) is 2.90. The Morgan fingerprint density at radius 3 is 2.53 bits per heavy atom. The first-order valence-corrected chi connectivity index (χ1v) is 7.77. The van der Waals surface area contributed by atoms with Gasteiger partial charge in [0.25, 0.3) is 0 Å². The van der Waals surface area contributed by atoms with E-state index < -0.39 is 0 Å². The predicted octanol–water partition coefficient (Wildman–Crippen LogP) is 3.38. The molecular weight excluding hydrogens is 232 g/mol. The summed E-state index contributed by atoms with van der Waals surface area (Å²) in [5.74, 6) is 0. The van der Waals surface area contributed by atoms with Crippen molar-refractivity contribution >= 4 is 0 Å². The zero-order valence-electron chi connectivity index (χ0n) is 12.7. The van der Waals surface area contributed by atoms with Gasteiger partial charge >= 0.3 is 0 Å². The molecule has 2 atom stereocenters. The zero-order chi connectivity index (χ0) is 13.7. The highest BCUT2D eigenvalue weighted by molar-refractivity contribution is 5.25. The Hall–Kier alpha value is -0.860. The van der Waals surface area contributed by atoms with Crippen molar-refractivity contribution < 1.29 is 0 Å². The molecule has 0 saturated carbocycles. The van der Waals surface area contributed by atoms with E-state index in [1.807, 2.05) is 0 Å². The van der Waals surface area contributed by atoms with Crippen LogP contribution in [0.3, 0.4) is 0 Å². The van der Waals surface area contributed by atoms with Crippen molar-refractivity contribution in [1.82, 2.24) is 10.2 Å². The Morgan fingerprint density at radius 1 is 1.26 bits per heavy atom. The Bertz CT molecular complexity index is 365. The largest absolute Gasteiger partial charge is 0.315 e. The van der Waals surface area contributed by atoms with E-state index in [0.29, 0.717) is 12.1 Å². The Labute approximate surface area is 118 Å². The van der Waals surface area contributed by atoms with Crippen molar-refractivity contribution in [2.45, 2.75) is 51.6 Å². The fourth-order valence-electron chi connectivity index (χ4n) is 3.17. The number of rotatable bonds is 5. The van der Waals surface area contributed by atoms with Gasteiger partial charge in [0.1, 0.15) is 0 Å². The molecule has 0 bridgehead atoms. The van der Waals surface area contributed by atoms with Crippen LogP contribution in [0.4, 0.5) is 0 Å². The summed E-state index contributed by atoms with van der Waals surface area (Å²) in [6.45, 7) is 6.84. The van der Waals surface area contributed by atoms with Crippen LogP contribution in [-0.2, 0) is 6.42 Å². The first-order valence-electron chi connectivity index (χ1n) is 7.77. The van der Waals surface area contributed by atoms with Gasteiger partial charge in [0.15, 0.2) is 0 Å². The summed E-state index contributed by atoms with van der Waals surface area (Å²) in [6, 6.07) is 10.4. The molecule has 1 heterocycles. The number of benzene rings is 1. The Balaban J connectivity index is 2.08. The molecule has 0 amide bonds. The molecule has 0 spiro atoms. The highest BCUT2D eigenvalue weighted by Crippen LogP contribution is 2.27.